The maximum atomic E-state index is 11.2. The van der Waals surface area contributed by atoms with Crippen LogP contribution in [0, 0.1) is 6.92 Å². The molecule has 3 nitrogen and oxygen atoms in total. The van der Waals surface area contributed by atoms with Crippen molar-refractivity contribution in [3.8, 4) is 11.1 Å². The molecule has 0 radical (unpaired) electrons. The monoisotopic (exact) mass is 175 g/mol. The summed E-state index contributed by atoms with van der Waals surface area (Å²) in [5, 5.41) is 2.26. The van der Waals surface area contributed by atoms with Gasteiger partial charge in [0.25, 0.3) is 5.56 Å². The van der Waals surface area contributed by atoms with Crippen LogP contribution in [0.2, 0.25) is 0 Å². The van der Waals surface area contributed by atoms with Crippen LogP contribution in [0.25, 0.3) is 11.1 Å². The van der Waals surface area contributed by atoms with E-state index in [1.165, 1.54) is 6.26 Å². The molecule has 1 aromatic heterocycles. The Labute approximate surface area is 75.0 Å². The molecular weight excluding hydrogens is 166 g/mol. The van der Waals surface area contributed by atoms with Crippen LogP contribution in [-0.4, -0.2) is 5.16 Å². The summed E-state index contributed by atoms with van der Waals surface area (Å²) in [7, 11) is 0. The van der Waals surface area contributed by atoms with E-state index in [1.54, 1.807) is 0 Å². The molecule has 0 saturated carbocycles. The minimum atomic E-state index is -0.189. The average Bonchev–Trinajstić information content (AvgIpc) is 2.51. The van der Waals surface area contributed by atoms with Crippen LogP contribution < -0.4 is 5.56 Å². The third-order valence-electron chi connectivity index (χ3n) is 1.90. The molecule has 1 aromatic carbocycles. The van der Waals surface area contributed by atoms with Crippen LogP contribution >= 0.6 is 0 Å². The van der Waals surface area contributed by atoms with E-state index in [0.717, 1.165) is 11.1 Å². The molecule has 0 spiro atoms. The number of aryl methyl sites for hydroxylation is 1. The summed E-state index contributed by atoms with van der Waals surface area (Å²) in [6.07, 6.45) is 1.43. The van der Waals surface area contributed by atoms with Crippen molar-refractivity contribution in [2.24, 2.45) is 0 Å². The minimum absolute atomic E-state index is 0.189. The highest BCUT2D eigenvalue weighted by atomic mass is 16.5. The fourth-order valence-electron chi connectivity index (χ4n) is 1.26. The van der Waals surface area contributed by atoms with Crippen molar-refractivity contribution in [3.63, 3.8) is 0 Å². The van der Waals surface area contributed by atoms with Crippen LogP contribution in [0.1, 0.15) is 5.56 Å². The van der Waals surface area contributed by atoms with Gasteiger partial charge in [-0.3, -0.25) is 4.79 Å². The molecule has 0 amide bonds. The van der Waals surface area contributed by atoms with Gasteiger partial charge in [0, 0.05) is 0 Å². The lowest BCUT2D eigenvalue weighted by Gasteiger charge is -1.95. The molecular formula is C10H9NO2. The van der Waals surface area contributed by atoms with E-state index in [1.807, 2.05) is 31.2 Å². The molecule has 0 fully saturated rings. The first-order valence-electron chi connectivity index (χ1n) is 4.00. The van der Waals surface area contributed by atoms with Gasteiger partial charge in [0.2, 0.25) is 0 Å². The first kappa shape index (κ1) is 7.86. The summed E-state index contributed by atoms with van der Waals surface area (Å²) < 4.78 is 4.70. The predicted molar refractivity (Wildman–Crippen MR) is 49.5 cm³/mol. The lowest BCUT2D eigenvalue weighted by atomic mass is 10.1. The van der Waals surface area contributed by atoms with Gasteiger partial charge in [0.15, 0.2) is 0 Å². The molecule has 3 heteroatoms. The number of hydrogen-bond donors (Lipinski definition) is 1. The molecule has 0 aliphatic heterocycles. The Bertz CT molecular complexity index is 468. The maximum absolute atomic E-state index is 11.2. The summed E-state index contributed by atoms with van der Waals surface area (Å²) in [5.74, 6) is 0. The summed E-state index contributed by atoms with van der Waals surface area (Å²) in [4.78, 5) is 11.2. The Balaban J connectivity index is 2.59. The van der Waals surface area contributed by atoms with Crippen molar-refractivity contribution in [2.45, 2.75) is 6.92 Å². The molecule has 0 bridgehead atoms. The van der Waals surface area contributed by atoms with E-state index in [-0.39, 0.29) is 5.56 Å². The van der Waals surface area contributed by atoms with Crippen molar-refractivity contribution in [1.82, 2.24) is 5.16 Å². The molecule has 13 heavy (non-hydrogen) atoms. The molecule has 0 atom stereocenters. The fraction of sp³-hybridized carbons (Fsp3) is 0.100. The van der Waals surface area contributed by atoms with Crippen LogP contribution in [0.3, 0.4) is 0 Å². The van der Waals surface area contributed by atoms with Crippen molar-refractivity contribution in [1.29, 1.82) is 0 Å². The van der Waals surface area contributed by atoms with Crippen LogP contribution in [0.5, 0.6) is 0 Å². The molecule has 0 aliphatic rings. The normalized spacial score (nSPS) is 10.2. The highest BCUT2D eigenvalue weighted by Crippen LogP contribution is 2.15. The summed E-state index contributed by atoms with van der Waals surface area (Å²) >= 11 is 0. The highest BCUT2D eigenvalue weighted by molar-refractivity contribution is 5.61. The van der Waals surface area contributed by atoms with Crippen LogP contribution in [-0.2, 0) is 0 Å². The molecule has 66 valence electrons. The SMILES string of the molecule is Cc1cccc(-c2co[nH]c2=O)c1. The summed E-state index contributed by atoms with van der Waals surface area (Å²) in [6, 6.07) is 7.72. The Morgan fingerprint density at radius 2 is 2.23 bits per heavy atom. The quantitative estimate of drug-likeness (QED) is 0.719. The molecule has 0 saturated heterocycles. The Morgan fingerprint density at radius 3 is 2.85 bits per heavy atom. The number of hydrogen-bond acceptors (Lipinski definition) is 2. The van der Waals surface area contributed by atoms with E-state index >= 15 is 0 Å². The predicted octanol–water partition coefficient (Wildman–Crippen LogP) is 1.94. The van der Waals surface area contributed by atoms with Crippen molar-refractivity contribution in [3.05, 3.63) is 46.4 Å². The van der Waals surface area contributed by atoms with Gasteiger partial charge in [-0.2, -0.15) is 5.16 Å². The molecule has 0 aliphatic carbocycles. The molecule has 2 aromatic rings. The lowest BCUT2D eigenvalue weighted by Crippen LogP contribution is -2.00. The van der Waals surface area contributed by atoms with Gasteiger partial charge in [0.1, 0.15) is 6.26 Å². The van der Waals surface area contributed by atoms with Crippen LogP contribution in [0.15, 0.2) is 39.8 Å². The van der Waals surface area contributed by atoms with E-state index < -0.39 is 0 Å². The number of nitrogens with one attached hydrogen (secondary N) is 1. The minimum Gasteiger partial charge on any atom is -0.386 e. The van der Waals surface area contributed by atoms with Crippen molar-refractivity contribution < 1.29 is 4.52 Å². The second-order valence-corrected chi connectivity index (χ2v) is 2.95. The number of aromatic amines is 1. The van der Waals surface area contributed by atoms with Gasteiger partial charge < -0.3 is 4.52 Å². The zero-order valence-electron chi connectivity index (χ0n) is 7.20. The van der Waals surface area contributed by atoms with Gasteiger partial charge in [0.05, 0.1) is 5.56 Å². The number of rotatable bonds is 1. The van der Waals surface area contributed by atoms with Gasteiger partial charge in [-0.05, 0) is 12.5 Å². The smallest absolute Gasteiger partial charge is 0.287 e. The Kier molecular flexibility index (Phi) is 1.77. The van der Waals surface area contributed by atoms with E-state index in [2.05, 4.69) is 5.16 Å². The number of H-pyrrole nitrogens is 1. The third-order valence-corrected chi connectivity index (χ3v) is 1.90. The number of benzene rings is 1. The Hall–Kier alpha value is -1.77. The highest BCUT2D eigenvalue weighted by Gasteiger charge is 2.04. The third kappa shape index (κ3) is 1.40. The molecule has 1 N–H and O–H groups in total. The van der Waals surface area contributed by atoms with Gasteiger partial charge in [-0.1, -0.05) is 29.8 Å². The molecule has 0 unspecified atom stereocenters. The van der Waals surface area contributed by atoms with E-state index in [4.69, 9.17) is 4.52 Å². The first-order chi connectivity index (χ1) is 6.27. The standard InChI is InChI=1S/C10H9NO2/c1-7-3-2-4-8(5-7)9-6-13-11-10(9)12/h2-6H,1H3,(H,11,12). The zero-order chi connectivity index (χ0) is 9.26. The van der Waals surface area contributed by atoms with Gasteiger partial charge in [-0.15, -0.1) is 0 Å². The van der Waals surface area contributed by atoms with Crippen molar-refractivity contribution >= 4 is 0 Å². The molecule has 1 heterocycles. The second-order valence-electron chi connectivity index (χ2n) is 2.95. The van der Waals surface area contributed by atoms with Gasteiger partial charge >= 0.3 is 0 Å². The largest absolute Gasteiger partial charge is 0.386 e. The fourth-order valence-corrected chi connectivity index (χ4v) is 1.26. The van der Waals surface area contributed by atoms with E-state index in [9.17, 15) is 4.79 Å². The lowest BCUT2D eigenvalue weighted by molar-refractivity contribution is 0.414. The molecule has 2 rings (SSSR count). The summed E-state index contributed by atoms with van der Waals surface area (Å²) in [5.41, 5.74) is 2.39. The van der Waals surface area contributed by atoms with E-state index in [0.29, 0.717) is 5.56 Å². The zero-order valence-corrected chi connectivity index (χ0v) is 7.20. The average molecular weight is 175 g/mol. The van der Waals surface area contributed by atoms with Crippen molar-refractivity contribution in [2.75, 3.05) is 0 Å². The summed E-state index contributed by atoms with van der Waals surface area (Å²) in [6.45, 7) is 1.98. The second kappa shape index (κ2) is 2.94. The number of aromatic nitrogens is 1. The Morgan fingerprint density at radius 1 is 1.38 bits per heavy atom. The van der Waals surface area contributed by atoms with Gasteiger partial charge in [-0.25, -0.2) is 0 Å². The maximum Gasteiger partial charge on any atom is 0.287 e. The topological polar surface area (TPSA) is 46.0 Å². The van der Waals surface area contributed by atoms with Crippen LogP contribution in [0.4, 0.5) is 0 Å². The first-order valence-corrected chi connectivity index (χ1v) is 4.00.